The lowest BCUT2D eigenvalue weighted by molar-refractivity contribution is 0.239. The lowest BCUT2D eigenvalue weighted by Crippen LogP contribution is -2.39. The molecule has 2 heterocycles. The molecule has 4 heteroatoms. The molecule has 4 nitrogen and oxygen atoms in total. The van der Waals surface area contributed by atoms with Crippen LogP contribution in [0.5, 0.6) is 0 Å². The first-order chi connectivity index (χ1) is 19.1. The molecule has 4 aromatic rings. The van der Waals surface area contributed by atoms with Gasteiger partial charge in [0.2, 0.25) is 0 Å². The Balaban J connectivity index is 1.29. The molecule has 0 bridgehead atoms. The molecule has 0 aromatic heterocycles. The first-order valence-corrected chi connectivity index (χ1v) is 14.4. The van der Waals surface area contributed by atoms with Crippen LogP contribution in [-0.4, -0.2) is 37.1 Å². The van der Waals surface area contributed by atoms with Gasteiger partial charge in [-0.1, -0.05) is 113 Å². The quantitative estimate of drug-likeness (QED) is 0.235. The highest BCUT2D eigenvalue weighted by Crippen LogP contribution is 2.40. The molecule has 200 valence electrons. The molecule has 2 aliphatic heterocycles. The molecular formula is C35H38N2O2. The number of fused-ring (bicyclic) bond motifs is 2. The zero-order valence-corrected chi connectivity index (χ0v) is 23.4. The third-order valence-electron chi connectivity index (χ3n) is 9.16. The molecule has 0 amide bonds. The molecule has 0 N–H and O–H groups in total. The summed E-state index contributed by atoms with van der Waals surface area (Å²) in [5.41, 5.74) is 2.22. The Bertz CT molecular complexity index is 1430. The van der Waals surface area contributed by atoms with Crippen LogP contribution in [0.15, 0.2) is 94.9 Å². The monoisotopic (exact) mass is 518 g/mol. The lowest BCUT2D eigenvalue weighted by Gasteiger charge is -2.29. The standard InChI is InChI=1S/C35H38N2O2/c1-5-35(6-2,33-36-31(21-38-33)23(3)27-19-11-15-25-13-7-9-17-29(25)27)34-37-32(22-39-34)24(4)28-20-12-16-26-14-8-10-18-30(26)28/h7-20,23-24,31-32H,5-6,21-22H2,1-4H3/t23?,24?,31-,32-/m1/s1. The number of hydrogen-bond acceptors (Lipinski definition) is 4. The molecule has 2 unspecified atom stereocenters. The van der Waals surface area contributed by atoms with Gasteiger partial charge in [0.1, 0.15) is 18.6 Å². The minimum absolute atomic E-state index is 0.0655. The topological polar surface area (TPSA) is 43.2 Å². The fourth-order valence-electron chi connectivity index (χ4n) is 6.47. The van der Waals surface area contributed by atoms with Gasteiger partial charge < -0.3 is 9.47 Å². The van der Waals surface area contributed by atoms with Gasteiger partial charge in [0.05, 0.1) is 12.1 Å². The number of hydrogen-bond donors (Lipinski definition) is 0. The maximum atomic E-state index is 6.41. The Labute approximate surface area is 231 Å². The maximum Gasteiger partial charge on any atom is 0.199 e. The van der Waals surface area contributed by atoms with E-state index in [-0.39, 0.29) is 23.9 Å². The second-order valence-electron chi connectivity index (χ2n) is 11.1. The number of aliphatic imine (C=N–C) groups is 2. The van der Waals surface area contributed by atoms with Crippen molar-refractivity contribution in [2.45, 2.75) is 64.5 Å². The molecular weight excluding hydrogens is 480 g/mol. The van der Waals surface area contributed by atoms with Gasteiger partial charge in [-0.15, -0.1) is 0 Å². The van der Waals surface area contributed by atoms with Crippen molar-refractivity contribution in [1.29, 1.82) is 0 Å². The fourth-order valence-corrected chi connectivity index (χ4v) is 6.47. The van der Waals surface area contributed by atoms with Crippen LogP contribution >= 0.6 is 0 Å². The van der Waals surface area contributed by atoms with E-state index in [0.717, 1.165) is 24.6 Å². The van der Waals surface area contributed by atoms with Gasteiger partial charge in [-0.05, 0) is 45.5 Å². The van der Waals surface area contributed by atoms with E-state index in [1.807, 2.05) is 0 Å². The van der Waals surface area contributed by atoms with Gasteiger partial charge >= 0.3 is 0 Å². The van der Waals surface area contributed by atoms with Crippen molar-refractivity contribution in [3.05, 3.63) is 96.1 Å². The van der Waals surface area contributed by atoms with Crippen molar-refractivity contribution in [2.24, 2.45) is 15.4 Å². The smallest absolute Gasteiger partial charge is 0.199 e. The largest absolute Gasteiger partial charge is 0.478 e. The first-order valence-electron chi connectivity index (χ1n) is 14.4. The van der Waals surface area contributed by atoms with Crippen LogP contribution in [0, 0.1) is 5.41 Å². The highest BCUT2D eigenvalue weighted by molar-refractivity contribution is 6.06. The van der Waals surface area contributed by atoms with Crippen LogP contribution in [0.2, 0.25) is 0 Å². The maximum absolute atomic E-state index is 6.41. The van der Waals surface area contributed by atoms with Gasteiger partial charge in [0.15, 0.2) is 11.8 Å². The molecule has 6 rings (SSSR count). The van der Waals surface area contributed by atoms with Crippen molar-refractivity contribution >= 4 is 33.3 Å². The molecule has 0 aliphatic carbocycles. The SMILES string of the molecule is CCC(CC)(C1=N[C@@H](C(C)c2cccc3ccccc23)CO1)C1=N[C@@H](C(C)c2cccc3ccccc23)CO1. The van der Waals surface area contributed by atoms with Gasteiger partial charge in [-0.3, -0.25) is 0 Å². The Hall–Kier alpha value is -3.66. The molecule has 39 heavy (non-hydrogen) atoms. The van der Waals surface area contributed by atoms with Crippen molar-refractivity contribution in [2.75, 3.05) is 13.2 Å². The molecule has 4 aromatic carbocycles. The van der Waals surface area contributed by atoms with E-state index in [9.17, 15) is 0 Å². The summed E-state index contributed by atoms with van der Waals surface area (Å²) in [5, 5.41) is 5.12. The Kier molecular flexibility index (Phi) is 6.88. The highest BCUT2D eigenvalue weighted by Gasteiger charge is 2.47. The van der Waals surface area contributed by atoms with Gasteiger partial charge in [0.25, 0.3) is 0 Å². The number of benzene rings is 4. The number of ether oxygens (including phenoxy) is 2. The van der Waals surface area contributed by atoms with Crippen molar-refractivity contribution < 1.29 is 9.47 Å². The predicted octanol–water partition coefficient (Wildman–Crippen LogP) is 8.30. The van der Waals surface area contributed by atoms with Crippen LogP contribution in [0.1, 0.15) is 63.5 Å². The normalized spacial score (nSPS) is 20.8. The van der Waals surface area contributed by atoms with E-state index in [4.69, 9.17) is 19.5 Å². The fraction of sp³-hybridized carbons (Fsp3) is 0.371. The molecule has 4 atom stereocenters. The summed E-state index contributed by atoms with van der Waals surface area (Å²) in [6, 6.07) is 30.4. The summed E-state index contributed by atoms with van der Waals surface area (Å²) in [5.74, 6) is 2.07. The van der Waals surface area contributed by atoms with E-state index < -0.39 is 5.41 Å². The van der Waals surface area contributed by atoms with E-state index in [1.54, 1.807) is 0 Å². The van der Waals surface area contributed by atoms with Gasteiger partial charge in [0, 0.05) is 11.8 Å². The number of nitrogens with zero attached hydrogens (tertiary/aromatic N) is 2. The van der Waals surface area contributed by atoms with Gasteiger partial charge in [-0.2, -0.15) is 0 Å². The summed E-state index contributed by atoms with van der Waals surface area (Å²) in [6.07, 6.45) is 1.68. The van der Waals surface area contributed by atoms with Crippen molar-refractivity contribution in [3.63, 3.8) is 0 Å². The summed E-state index contributed by atoms with van der Waals surface area (Å²) >= 11 is 0. The zero-order chi connectivity index (χ0) is 27.0. The van der Waals surface area contributed by atoms with Crippen LogP contribution in [0.25, 0.3) is 21.5 Å². The van der Waals surface area contributed by atoms with E-state index >= 15 is 0 Å². The predicted molar refractivity (Wildman–Crippen MR) is 162 cm³/mol. The Morgan fingerprint density at radius 3 is 1.49 bits per heavy atom. The molecule has 0 saturated heterocycles. The average Bonchev–Trinajstić information content (AvgIpc) is 3.69. The summed E-state index contributed by atoms with van der Waals surface area (Å²) in [4.78, 5) is 10.5. The number of rotatable bonds is 8. The summed E-state index contributed by atoms with van der Waals surface area (Å²) in [6.45, 7) is 10.1. The second-order valence-corrected chi connectivity index (χ2v) is 11.1. The van der Waals surface area contributed by atoms with Crippen molar-refractivity contribution in [1.82, 2.24) is 0 Å². The van der Waals surface area contributed by atoms with E-state index in [1.165, 1.54) is 32.7 Å². The Morgan fingerprint density at radius 1 is 0.641 bits per heavy atom. The Morgan fingerprint density at radius 2 is 1.05 bits per heavy atom. The third-order valence-corrected chi connectivity index (χ3v) is 9.16. The first kappa shape index (κ1) is 25.6. The van der Waals surface area contributed by atoms with E-state index in [2.05, 4.69) is 113 Å². The molecule has 2 aliphatic rings. The third kappa shape index (κ3) is 4.40. The van der Waals surface area contributed by atoms with E-state index in [0.29, 0.717) is 13.2 Å². The molecule has 0 spiro atoms. The minimum atomic E-state index is -0.430. The van der Waals surface area contributed by atoms with Crippen molar-refractivity contribution in [3.8, 4) is 0 Å². The highest BCUT2D eigenvalue weighted by atomic mass is 16.5. The average molecular weight is 519 g/mol. The summed E-state index contributed by atoms with van der Waals surface area (Å²) < 4.78 is 12.8. The van der Waals surface area contributed by atoms with Crippen LogP contribution in [-0.2, 0) is 9.47 Å². The zero-order valence-electron chi connectivity index (χ0n) is 23.4. The van der Waals surface area contributed by atoms with Crippen LogP contribution in [0.4, 0.5) is 0 Å². The lowest BCUT2D eigenvalue weighted by atomic mass is 9.81. The van der Waals surface area contributed by atoms with Crippen LogP contribution in [0.3, 0.4) is 0 Å². The minimum Gasteiger partial charge on any atom is -0.478 e. The molecule has 0 radical (unpaired) electrons. The second kappa shape index (κ2) is 10.5. The van der Waals surface area contributed by atoms with Crippen LogP contribution < -0.4 is 0 Å². The summed E-state index contributed by atoms with van der Waals surface area (Å²) in [7, 11) is 0. The van der Waals surface area contributed by atoms with Gasteiger partial charge in [-0.25, -0.2) is 9.98 Å². The molecule has 0 saturated carbocycles. The molecule has 0 fully saturated rings.